The smallest absolute Gasteiger partial charge is 0.186 e. The van der Waals surface area contributed by atoms with Gasteiger partial charge in [0.1, 0.15) is 5.01 Å². The lowest BCUT2D eigenvalue weighted by Crippen LogP contribution is -2.08. The lowest BCUT2D eigenvalue weighted by Gasteiger charge is -2.16. The summed E-state index contributed by atoms with van der Waals surface area (Å²) in [6.07, 6.45) is 0. The molecule has 0 atom stereocenters. The monoisotopic (exact) mass is 332 g/mol. The topological polar surface area (TPSA) is 43.1 Å². The first-order chi connectivity index (χ1) is 10.3. The minimum absolute atomic E-state index is 0.207. The summed E-state index contributed by atoms with van der Waals surface area (Å²) in [7, 11) is 0. The van der Waals surface area contributed by atoms with Crippen LogP contribution in [0.15, 0.2) is 18.2 Å². The molecule has 3 aromatic rings. The Bertz CT molecular complexity index is 811. The average molecular weight is 332 g/mol. The number of aromatic nitrogens is 4. The highest BCUT2D eigenvalue weighted by molar-refractivity contribution is 7.99. The fourth-order valence-corrected chi connectivity index (χ4v) is 3.62. The first kappa shape index (κ1) is 15.5. The summed E-state index contributed by atoms with van der Waals surface area (Å²) < 4.78 is 2.09. The summed E-state index contributed by atoms with van der Waals surface area (Å²) in [5, 5.41) is 14.2. The molecular weight excluding hydrogens is 312 g/mol. The number of benzene rings is 1. The van der Waals surface area contributed by atoms with E-state index in [0.717, 1.165) is 27.1 Å². The van der Waals surface area contributed by atoms with E-state index in [1.807, 2.05) is 16.3 Å². The van der Waals surface area contributed by atoms with Gasteiger partial charge in [-0.15, -0.1) is 22.0 Å². The van der Waals surface area contributed by atoms with E-state index in [0.29, 0.717) is 0 Å². The molecule has 0 spiro atoms. The van der Waals surface area contributed by atoms with Gasteiger partial charge in [0.15, 0.2) is 5.82 Å². The second-order valence-corrected chi connectivity index (χ2v) is 9.18. The maximum absolute atomic E-state index is 4.71. The van der Waals surface area contributed by atoms with E-state index in [-0.39, 0.29) is 4.75 Å². The van der Waals surface area contributed by atoms with E-state index in [9.17, 15) is 0 Å². The highest BCUT2D eigenvalue weighted by Gasteiger charge is 2.17. The van der Waals surface area contributed by atoms with Crippen molar-refractivity contribution in [3.8, 4) is 10.6 Å². The van der Waals surface area contributed by atoms with Crippen molar-refractivity contribution in [3.63, 3.8) is 0 Å². The van der Waals surface area contributed by atoms with Crippen LogP contribution in [-0.4, -0.2) is 24.6 Å². The Kier molecular flexibility index (Phi) is 3.99. The zero-order chi connectivity index (χ0) is 15.9. The molecule has 0 unspecified atom stereocenters. The third kappa shape index (κ3) is 3.17. The van der Waals surface area contributed by atoms with Crippen molar-refractivity contribution in [2.75, 3.05) is 0 Å². The van der Waals surface area contributed by atoms with Crippen molar-refractivity contribution >= 4 is 28.1 Å². The summed E-state index contributed by atoms with van der Waals surface area (Å²) >= 11 is 3.45. The fourth-order valence-electron chi connectivity index (χ4n) is 2.02. The molecule has 22 heavy (non-hydrogen) atoms. The maximum atomic E-state index is 4.71. The largest absolute Gasteiger partial charge is 0.235 e. The number of aryl methyl sites for hydroxylation is 2. The van der Waals surface area contributed by atoms with Crippen LogP contribution in [0.4, 0.5) is 0 Å². The molecule has 3 rings (SSSR count). The van der Waals surface area contributed by atoms with Crippen LogP contribution in [0.1, 0.15) is 37.7 Å². The standard InChI is InChI=1S/C16H20N4S2/c1-10-6-7-12(8-11(10)2)14-19-20-13(9-21-16(3,4)5)17-18-15(20)22-14/h6-8H,9H2,1-5H3. The highest BCUT2D eigenvalue weighted by atomic mass is 32.2. The maximum Gasteiger partial charge on any atom is 0.235 e. The van der Waals surface area contributed by atoms with E-state index in [4.69, 9.17) is 5.10 Å². The Labute approximate surface area is 139 Å². The highest BCUT2D eigenvalue weighted by Crippen LogP contribution is 2.30. The van der Waals surface area contributed by atoms with E-state index >= 15 is 0 Å². The van der Waals surface area contributed by atoms with Crippen LogP contribution in [0.25, 0.3) is 15.5 Å². The Hall–Kier alpha value is -1.40. The van der Waals surface area contributed by atoms with Crippen LogP contribution in [0, 0.1) is 13.8 Å². The van der Waals surface area contributed by atoms with Crippen LogP contribution < -0.4 is 0 Å². The quantitative estimate of drug-likeness (QED) is 0.708. The Morgan fingerprint density at radius 2 is 1.91 bits per heavy atom. The second-order valence-electron chi connectivity index (χ2n) is 6.42. The number of rotatable bonds is 3. The van der Waals surface area contributed by atoms with Crippen LogP contribution in [0.2, 0.25) is 0 Å². The summed E-state index contributed by atoms with van der Waals surface area (Å²) in [6.45, 7) is 10.9. The first-order valence-electron chi connectivity index (χ1n) is 7.26. The molecule has 116 valence electrons. The minimum atomic E-state index is 0.207. The molecule has 0 amide bonds. The van der Waals surface area contributed by atoms with E-state index in [1.165, 1.54) is 11.1 Å². The van der Waals surface area contributed by atoms with Gasteiger partial charge >= 0.3 is 0 Å². The molecule has 0 aliphatic rings. The molecule has 0 fully saturated rings. The molecule has 0 N–H and O–H groups in total. The fraction of sp³-hybridized carbons (Fsp3) is 0.438. The van der Waals surface area contributed by atoms with E-state index in [2.05, 4.69) is 63.0 Å². The van der Waals surface area contributed by atoms with Gasteiger partial charge in [0.05, 0.1) is 5.75 Å². The van der Waals surface area contributed by atoms with Crippen LogP contribution >= 0.6 is 23.1 Å². The lowest BCUT2D eigenvalue weighted by atomic mass is 10.1. The van der Waals surface area contributed by atoms with Crippen molar-refractivity contribution in [2.24, 2.45) is 0 Å². The van der Waals surface area contributed by atoms with Gasteiger partial charge in [-0.1, -0.05) is 44.2 Å². The molecular formula is C16H20N4S2. The van der Waals surface area contributed by atoms with Crippen LogP contribution in [0.5, 0.6) is 0 Å². The number of hydrogen-bond acceptors (Lipinski definition) is 5. The zero-order valence-electron chi connectivity index (χ0n) is 13.5. The normalized spacial score (nSPS) is 12.2. The summed E-state index contributed by atoms with van der Waals surface area (Å²) in [5.41, 5.74) is 3.73. The van der Waals surface area contributed by atoms with E-state index < -0.39 is 0 Å². The minimum Gasteiger partial charge on any atom is -0.186 e. The van der Waals surface area contributed by atoms with Gasteiger partial charge in [-0.2, -0.15) is 9.61 Å². The van der Waals surface area contributed by atoms with Gasteiger partial charge < -0.3 is 0 Å². The molecule has 0 bridgehead atoms. The first-order valence-corrected chi connectivity index (χ1v) is 9.06. The predicted molar refractivity (Wildman–Crippen MR) is 94.6 cm³/mol. The summed E-state index contributed by atoms with van der Waals surface area (Å²) in [5.74, 6) is 1.74. The number of hydrogen-bond donors (Lipinski definition) is 0. The molecule has 2 heterocycles. The zero-order valence-corrected chi connectivity index (χ0v) is 15.2. The molecule has 4 nitrogen and oxygen atoms in total. The third-order valence-corrected chi connectivity index (χ3v) is 5.66. The third-order valence-electron chi connectivity index (χ3n) is 3.44. The van der Waals surface area contributed by atoms with Gasteiger partial charge in [-0.3, -0.25) is 0 Å². The summed E-state index contributed by atoms with van der Waals surface area (Å²) in [6, 6.07) is 6.45. The molecule has 1 aromatic carbocycles. The van der Waals surface area contributed by atoms with Crippen molar-refractivity contribution in [1.29, 1.82) is 0 Å². The van der Waals surface area contributed by atoms with Crippen LogP contribution in [-0.2, 0) is 5.75 Å². The Balaban J connectivity index is 1.93. The van der Waals surface area contributed by atoms with Gasteiger partial charge in [-0.05, 0) is 31.0 Å². The van der Waals surface area contributed by atoms with E-state index in [1.54, 1.807) is 11.3 Å². The van der Waals surface area contributed by atoms with Gasteiger partial charge in [-0.25, -0.2) is 0 Å². The van der Waals surface area contributed by atoms with Crippen LogP contribution in [0.3, 0.4) is 0 Å². The molecule has 0 aliphatic heterocycles. The van der Waals surface area contributed by atoms with Crippen molar-refractivity contribution in [1.82, 2.24) is 19.8 Å². The molecule has 2 aromatic heterocycles. The van der Waals surface area contributed by atoms with Gasteiger partial charge in [0, 0.05) is 10.3 Å². The average Bonchev–Trinajstić information content (AvgIpc) is 2.99. The van der Waals surface area contributed by atoms with Crippen molar-refractivity contribution < 1.29 is 0 Å². The predicted octanol–water partition coefficient (Wildman–Crippen LogP) is 4.50. The van der Waals surface area contributed by atoms with Crippen molar-refractivity contribution in [2.45, 2.75) is 45.1 Å². The lowest BCUT2D eigenvalue weighted by molar-refractivity contribution is 0.796. The van der Waals surface area contributed by atoms with Crippen molar-refractivity contribution in [3.05, 3.63) is 35.2 Å². The summed E-state index contributed by atoms with van der Waals surface area (Å²) in [4.78, 5) is 0.859. The SMILES string of the molecule is Cc1ccc(-c2nn3c(CSC(C)(C)C)nnc3s2)cc1C. The molecule has 0 radical (unpaired) electrons. The molecule has 6 heteroatoms. The van der Waals surface area contributed by atoms with Gasteiger partial charge in [0.2, 0.25) is 4.96 Å². The molecule has 0 aliphatic carbocycles. The Morgan fingerprint density at radius 3 is 2.59 bits per heavy atom. The molecule has 0 saturated heterocycles. The number of fused-ring (bicyclic) bond motifs is 1. The second kappa shape index (κ2) is 5.66. The number of thioether (sulfide) groups is 1. The number of nitrogens with zero attached hydrogens (tertiary/aromatic N) is 4. The molecule has 0 saturated carbocycles. The Morgan fingerprint density at radius 1 is 1.14 bits per heavy atom. The van der Waals surface area contributed by atoms with Gasteiger partial charge in [0.25, 0.3) is 0 Å².